The smallest absolute Gasteiger partial charge is 0.389 e. The highest BCUT2D eigenvalue weighted by Crippen LogP contribution is 2.30. The van der Waals surface area contributed by atoms with Gasteiger partial charge in [-0.3, -0.25) is 0 Å². The van der Waals surface area contributed by atoms with Crippen molar-refractivity contribution in [1.82, 2.24) is 0 Å². The lowest BCUT2D eigenvalue weighted by atomic mass is 10.0. The number of nitrogen functional groups attached to an aromatic ring is 2. The maximum absolute atomic E-state index is 12.7. The summed E-state index contributed by atoms with van der Waals surface area (Å²) in [6, 6.07) is 15.8. The highest BCUT2D eigenvalue weighted by Gasteiger charge is 2.25. The maximum Gasteiger partial charge on any atom is 0.389 e. The zero-order chi connectivity index (χ0) is 30.0. The van der Waals surface area contributed by atoms with Crippen LogP contribution in [0.15, 0.2) is 66.2 Å². The van der Waals surface area contributed by atoms with E-state index in [4.69, 9.17) is 25.7 Å². The van der Waals surface area contributed by atoms with E-state index in [1.165, 1.54) is 43.5 Å². The molecule has 8 nitrogen and oxygen atoms in total. The number of carboxylic acid groups (broad SMARTS) is 1. The van der Waals surface area contributed by atoms with Crippen molar-refractivity contribution in [3.63, 3.8) is 0 Å². The molecule has 0 aromatic heterocycles. The summed E-state index contributed by atoms with van der Waals surface area (Å²) < 4.78 is 52.9. The van der Waals surface area contributed by atoms with Crippen LogP contribution in [-0.4, -0.2) is 36.9 Å². The number of esters is 1. The largest absolute Gasteiger partial charge is 0.494 e. The number of ether oxygens (including phenoxy) is 3. The van der Waals surface area contributed by atoms with Crippen LogP contribution in [0.25, 0.3) is 6.08 Å². The lowest BCUT2D eigenvalue weighted by Crippen LogP contribution is -2.09. The molecule has 0 amide bonds. The summed E-state index contributed by atoms with van der Waals surface area (Å²) in [5, 5.41) is 9.70. The Kier molecular flexibility index (Phi) is 10.6. The molecule has 0 aliphatic rings. The second-order valence-electron chi connectivity index (χ2n) is 9.23. The van der Waals surface area contributed by atoms with Gasteiger partial charge < -0.3 is 30.8 Å². The number of carbonyl (C=O) groups excluding carboxylic acids is 1. The third-order valence-corrected chi connectivity index (χ3v) is 5.94. The Hall–Kier alpha value is -4.67. The van der Waals surface area contributed by atoms with Gasteiger partial charge in [0, 0.05) is 23.4 Å². The average Bonchev–Trinajstić information content (AvgIpc) is 2.90. The van der Waals surface area contributed by atoms with Crippen molar-refractivity contribution < 1.29 is 42.1 Å². The van der Waals surface area contributed by atoms with E-state index >= 15 is 0 Å². The molecular weight excluding hydrogens is 541 g/mol. The van der Waals surface area contributed by atoms with Gasteiger partial charge in [-0.1, -0.05) is 6.07 Å². The molecule has 11 heteroatoms. The van der Waals surface area contributed by atoms with E-state index in [-0.39, 0.29) is 48.5 Å². The third kappa shape index (κ3) is 10.1. The van der Waals surface area contributed by atoms with Gasteiger partial charge in [0.2, 0.25) is 0 Å². The molecule has 0 unspecified atom stereocenters. The van der Waals surface area contributed by atoms with E-state index in [0.29, 0.717) is 29.1 Å². The van der Waals surface area contributed by atoms with Gasteiger partial charge >= 0.3 is 18.1 Å². The van der Waals surface area contributed by atoms with Gasteiger partial charge in [-0.25, -0.2) is 9.59 Å². The van der Waals surface area contributed by atoms with E-state index in [1.54, 1.807) is 30.3 Å². The van der Waals surface area contributed by atoms with Crippen LogP contribution in [0.1, 0.15) is 47.2 Å². The quantitative estimate of drug-likeness (QED) is 0.0715. The molecule has 0 fully saturated rings. The van der Waals surface area contributed by atoms with Crippen molar-refractivity contribution in [3.8, 4) is 17.2 Å². The Morgan fingerprint density at radius 1 is 0.927 bits per heavy atom. The lowest BCUT2D eigenvalue weighted by Gasteiger charge is -2.11. The molecule has 0 saturated heterocycles. The molecule has 0 spiro atoms. The Morgan fingerprint density at radius 2 is 1.61 bits per heavy atom. The summed E-state index contributed by atoms with van der Waals surface area (Å²) in [7, 11) is 1.39. The van der Waals surface area contributed by atoms with Gasteiger partial charge in [0.15, 0.2) is 11.5 Å². The fourth-order valence-electron chi connectivity index (χ4n) is 3.93. The molecule has 0 radical (unpaired) electrons. The zero-order valence-corrected chi connectivity index (χ0v) is 22.4. The van der Waals surface area contributed by atoms with Gasteiger partial charge in [-0.2, -0.15) is 13.2 Å². The van der Waals surface area contributed by atoms with Crippen LogP contribution in [0.5, 0.6) is 17.2 Å². The number of rotatable bonds is 13. The molecule has 0 saturated carbocycles. The normalized spacial score (nSPS) is 11.7. The van der Waals surface area contributed by atoms with Crippen LogP contribution in [0, 0.1) is 0 Å². The second-order valence-corrected chi connectivity index (χ2v) is 9.23. The van der Waals surface area contributed by atoms with Crippen LogP contribution in [0.3, 0.4) is 0 Å². The molecule has 5 N–H and O–H groups in total. The van der Waals surface area contributed by atoms with E-state index in [1.807, 2.05) is 0 Å². The van der Waals surface area contributed by atoms with Crippen molar-refractivity contribution in [2.24, 2.45) is 0 Å². The van der Waals surface area contributed by atoms with Crippen LogP contribution in [0.2, 0.25) is 0 Å². The van der Waals surface area contributed by atoms with Crippen LogP contribution < -0.4 is 25.7 Å². The van der Waals surface area contributed by atoms with Gasteiger partial charge in [0.25, 0.3) is 0 Å². The van der Waals surface area contributed by atoms with Crippen molar-refractivity contribution in [2.45, 2.75) is 38.3 Å². The number of aliphatic carboxylic acids is 1. The number of anilines is 2. The summed E-state index contributed by atoms with van der Waals surface area (Å²) in [4.78, 5) is 24.5. The van der Waals surface area contributed by atoms with E-state index < -0.39 is 24.5 Å². The van der Waals surface area contributed by atoms with Crippen molar-refractivity contribution in [2.75, 3.05) is 25.2 Å². The number of halogens is 3. The molecule has 218 valence electrons. The Balaban J connectivity index is 1.62. The predicted molar refractivity (Wildman–Crippen MR) is 149 cm³/mol. The molecule has 0 aliphatic carbocycles. The first kappa shape index (κ1) is 30.9. The molecule has 3 aromatic rings. The number of unbranched alkanes of at least 4 members (excludes halogenated alkanes) is 1. The van der Waals surface area contributed by atoms with Crippen molar-refractivity contribution in [3.05, 3.63) is 82.9 Å². The van der Waals surface area contributed by atoms with Crippen LogP contribution in [0.4, 0.5) is 24.5 Å². The fraction of sp³-hybridized carbons (Fsp3) is 0.267. The van der Waals surface area contributed by atoms with Gasteiger partial charge in [0.1, 0.15) is 5.75 Å². The highest BCUT2D eigenvalue weighted by atomic mass is 19.4. The van der Waals surface area contributed by atoms with E-state index in [0.717, 1.165) is 5.56 Å². The number of carbonyl (C=O) groups is 2. The number of benzene rings is 3. The Bertz CT molecular complexity index is 1370. The summed E-state index contributed by atoms with van der Waals surface area (Å²) in [5.74, 6) is -0.984. The maximum atomic E-state index is 12.7. The van der Waals surface area contributed by atoms with E-state index in [2.05, 4.69) is 0 Å². The standard InChI is InChI=1S/C30H31F3N2O6/c1-39-27-17-19(14-22(28(36)37)6-4-20-15-23(34)18-24(35)16-20)5-11-26(27)41-29(38)21-7-9-25(10-8-21)40-13-3-2-12-30(31,32)33/h5,7-11,14-18H,2-4,6,12-13,34-35H2,1H3,(H,36,37)/b22-14+. The zero-order valence-electron chi connectivity index (χ0n) is 22.4. The van der Waals surface area contributed by atoms with Gasteiger partial charge in [-0.15, -0.1) is 0 Å². The van der Waals surface area contributed by atoms with Crippen molar-refractivity contribution >= 4 is 29.4 Å². The van der Waals surface area contributed by atoms with E-state index in [9.17, 15) is 27.9 Å². The monoisotopic (exact) mass is 572 g/mol. The highest BCUT2D eigenvalue weighted by molar-refractivity contribution is 5.93. The summed E-state index contributed by atoms with van der Waals surface area (Å²) in [6.45, 7) is 0.122. The first-order valence-corrected chi connectivity index (χ1v) is 12.7. The number of nitrogens with two attached hydrogens (primary N) is 2. The summed E-state index contributed by atoms with van der Waals surface area (Å²) in [6.07, 6.45) is -2.67. The minimum Gasteiger partial charge on any atom is -0.494 e. The molecule has 0 heterocycles. The van der Waals surface area contributed by atoms with Gasteiger partial charge in [0.05, 0.1) is 19.3 Å². The summed E-state index contributed by atoms with van der Waals surface area (Å²) >= 11 is 0. The molecule has 3 rings (SSSR count). The summed E-state index contributed by atoms with van der Waals surface area (Å²) in [5.41, 5.74) is 14.3. The topological polar surface area (TPSA) is 134 Å². The Labute approximate surface area is 235 Å². The van der Waals surface area contributed by atoms with Crippen LogP contribution >= 0.6 is 0 Å². The molecule has 0 atom stereocenters. The molecular formula is C30H31F3N2O6. The Morgan fingerprint density at radius 3 is 2.22 bits per heavy atom. The van der Waals surface area contributed by atoms with Gasteiger partial charge in [-0.05, 0) is 97.5 Å². The third-order valence-electron chi connectivity index (χ3n) is 5.94. The first-order chi connectivity index (χ1) is 19.4. The lowest BCUT2D eigenvalue weighted by molar-refractivity contribution is -0.136. The number of hydrogen-bond acceptors (Lipinski definition) is 7. The predicted octanol–water partition coefficient (Wildman–Crippen LogP) is 6.29. The molecule has 0 bridgehead atoms. The number of aryl methyl sites for hydroxylation is 1. The molecule has 41 heavy (non-hydrogen) atoms. The average molecular weight is 573 g/mol. The molecule has 3 aromatic carbocycles. The van der Waals surface area contributed by atoms with Crippen molar-refractivity contribution in [1.29, 1.82) is 0 Å². The second kappa shape index (κ2) is 14.1. The van der Waals surface area contributed by atoms with Crippen LogP contribution in [-0.2, 0) is 11.2 Å². The molecule has 0 aliphatic heterocycles. The number of alkyl halides is 3. The number of carboxylic acids is 1. The minimum atomic E-state index is -4.18. The number of methoxy groups -OCH3 is 1. The first-order valence-electron chi connectivity index (χ1n) is 12.7. The SMILES string of the molecule is COc1cc(/C=C(\CCc2cc(N)cc(N)c2)C(=O)O)ccc1OC(=O)c1ccc(OCCCCC(F)(F)F)cc1. The number of hydrogen-bond donors (Lipinski definition) is 3. The minimum absolute atomic E-state index is 0.0270. The fourth-order valence-corrected chi connectivity index (χ4v) is 3.93.